The third kappa shape index (κ3) is 8.53. The molecule has 1 N–H and O–H groups in total. The molecular weight excluding hydrogens is 926 g/mol. The molecule has 0 aliphatic carbocycles. The predicted molar refractivity (Wildman–Crippen MR) is 252 cm³/mol. The Morgan fingerprint density at radius 1 is 0.639 bits per heavy atom. The van der Waals surface area contributed by atoms with Crippen LogP contribution in [0.15, 0.2) is 133 Å². The Morgan fingerprint density at radius 3 is 1.98 bits per heavy atom. The molecule has 6 aromatic carbocycles. The number of phenolic OH excluding ortho intramolecular Hbond substituents is 1. The average Bonchev–Trinajstić information content (AvgIpc) is 3.67. The van der Waals surface area contributed by atoms with Gasteiger partial charge in [-0.05, 0) is 99.3 Å². The summed E-state index contributed by atoms with van der Waals surface area (Å²) in [6.45, 7) is 23.2. The number of rotatable bonds is 6. The summed E-state index contributed by atoms with van der Waals surface area (Å²) in [5, 5.41) is 12.5. The fraction of sp³-hybridized carbons (Fsp3) is 0.250. The minimum atomic E-state index is -0.606. The van der Waals surface area contributed by atoms with Gasteiger partial charge in [0.15, 0.2) is 0 Å². The van der Waals surface area contributed by atoms with E-state index in [1.807, 2.05) is 48.5 Å². The second-order valence-corrected chi connectivity index (χ2v) is 18.8. The number of hydrogen-bond acceptors (Lipinski definition) is 3. The molecule has 0 atom stereocenters. The van der Waals surface area contributed by atoms with E-state index in [0.29, 0.717) is 33.6 Å². The van der Waals surface area contributed by atoms with Crippen molar-refractivity contribution in [2.75, 3.05) is 0 Å². The fourth-order valence-corrected chi connectivity index (χ4v) is 7.68. The number of nitrogens with zero attached hydrogens (tertiary/aromatic N) is 3. The molecule has 8 aromatic rings. The van der Waals surface area contributed by atoms with Gasteiger partial charge in [-0.3, -0.25) is 9.55 Å². The first kappa shape index (κ1) is 34.1. The van der Waals surface area contributed by atoms with Crippen LogP contribution in [0.3, 0.4) is 0 Å². The van der Waals surface area contributed by atoms with E-state index in [4.69, 9.17) is 14.6 Å². The largest absolute Gasteiger partial charge is 0.507 e. The number of phenols is 1. The summed E-state index contributed by atoms with van der Waals surface area (Å²) in [4.78, 5) is 9.96. The van der Waals surface area contributed by atoms with Gasteiger partial charge in [0.05, 0.1) is 27.6 Å². The molecule has 0 fully saturated rings. The molecule has 2 aromatic heterocycles. The quantitative estimate of drug-likeness (QED) is 0.169. The van der Waals surface area contributed by atoms with E-state index in [1.54, 1.807) is 0 Å². The van der Waals surface area contributed by atoms with Crippen LogP contribution in [0, 0.1) is 19.9 Å². The molecule has 0 saturated heterocycles. The van der Waals surface area contributed by atoms with Crippen LogP contribution in [0.2, 0.25) is 0 Å². The number of pyridine rings is 1. The van der Waals surface area contributed by atoms with Crippen LogP contribution in [0.4, 0.5) is 0 Å². The summed E-state index contributed by atoms with van der Waals surface area (Å²) in [7, 11) is 0. The van der Waals surface area contributed by atoms with Gasteiger partial charge < -0.3 is 5.11 Å². The molecule has 61 heavy (non-hydrogen) atoms. The Morgan fingerprint density at radius 2 is 1.31 bits per heavy atom. The van der Waals surface area contributed by atoms with Crippen molar-refractivity contribution in [1.82, 2.24) is 14.5 Å². The molecule has 8 rings (SSSR count). The maximum absolute atomic E-state index is 12.5. The van der Waals surface area contributed by atoms with Crippen molar-refractivity contribution < 1.29 is 37.1 Å². The van der Waals surface area contributed by atoms with Crippen LogP contribution in [-0.2, 0) is 37.3 Å². The molecule has 0 amide bonds. The third-order valence-corrected chi connectivity index (χ3v) is 11.3. The van der Waals surface area contributed by atoms with Crippen molar-refractivity contribution in [1.29, 1.82) is 0 Å². The maximum Gasteiger partial charge on any atom is 0.148 e. The summed E-state index contributed by atoms with van der Waals surface area (Å²) in [6, 6.07) is 28.2. The Bertz CT molecular complexity index is 3330. The van der Waals surface area contributed by atoms with E-state index in [9.17, 15) is 6.48 Å². The van der Waals surface area contributed by atoms with Crippen LogP contribution in [0.5, 0.6) is 5.75 Å². The molecule has 0 saturated carbocycles. The second kappa shape index (κ2) is 16.4. The minimum absolute atomic E-state index is 0. The molecule has 5 heteroatoms. The summed E-state index contributed by atoms with van der Waals surface area (Å²) in [5.41, 5.74) is 9.72. The number of fused-ring (bicyclic) bond motifs is 1. The summed E-state index contributed by atoms with van der Waals surface area (Å²) in [6.07, 6.45) is -0.519. The van der Waals surface area contributed by atoms with Crippen LogP contribution in [-0.4, -0.2) is 19.6 Å². The van der Waals surface area contributed by atoms with Crippen molar-refractivity contribution in [2.24, 2.45) is 0 Å². The Balaban J connectivity index is 0.00000703. The van der Waals surface area contributed by atoms with Gasteiger partial charge in [-0.15, -0.1) is 29.3 Å². The summed E-state index contributed by atoms with van der Waals surface area (Å²) in [5.74, 6) is 0.687. The molecular formula is C56H56N3OPt-. The number of para-hydroxylation sites is 1. The topological polar surface area (TPSA) is 50.9 Å². The van der Waals surface area contributed by atoms with Crippen molar-refractivity contribution in [2.45, 2.75) is 92.4 Å². The van der Waals surface area contributed by atoms with E-state index in [2.05, 4.69) is 128 Å². The van der Waals surface area contributed by atoms with Crippen LogP contribution < -0.4 is 0 Å². The zero-order valence-electron chi connectivity index (χ0n) is 44.7. The summed E-state index contributed by atoms with van der Waals surface area (Å²) >= 11 is 0. The monoisotopic (exact) mass is 989 g/mol. The minimum Gasteiger partial charge on any atom is -0.507 e. The van der Waals surface area contributed by atoms with Crippen molar-refractivity contribution in [3.8, 4) is 67.5 Å². The molecule has 0 aliphatic rings. The number of imidazole rings is 1. The van der Waals surface area contributed by atoms with E-state index < -0.39 is 53.3 Å². The van der Waals surface area contributed by atoms with Gasteiger partial charge in [0.1, 0.15) is 11.6 Å². The number of aryl methyl sites for hydroxylation is 1. The molecule has 312 valence electrons. The number of aromatic hydroxyl groups is 1. The first-order valence-electron chi connectivity index (χ1n) is 24.4. The Labute approximate surface area is 388 Å². The third-order valence-electron chi connectivity index (χ3n) is 11.3. The molecule has 0 bridgehead atoms. The maximum atomic E-state index is 12.5. The van der Waals surface area contributed by atoms with Gasteiger partial charge in [0.2, 0.25) is 0 Å². The first-order chi connectivity index (χ1) is 31.7. The Kier molecular flexibility index (Phi) is 9.14. The van der Waals surface area contributed by atoms with E-state index >= 15 is 0 Å². The van der Waals surface area contributed by atoms with Crippen molar-refractivity contribution in [3.05, 3.63) is 167 Å². The van der Waals surface area contributed by atoms with Gasteiger partial charge in [0, 0.05) is 44.2 Å². The fourth-order valence-electron chi connectivity index (χ4n) is 7.68. The van der Waals surface area contributed by atoms with Crippen molar-refractivity contribution in [3.63, 3.8) is 0 Å². The molecule has 0 spiro atoms. The average molecular weight is 990 g/mol. The van der Waals surface area contributed by atoms with E-state index in [1.165, 1.54) is 0 Å². The summed E-state index contributed by atoms with van der Waals surface area (Å²) < 4.78 is 71.6. The molecule has 0 aliphatic heterocycles. The predicted octanol–water partition coefficient (Wildman–Crippen LogP) is 14.8. The van der Waals surface area contributed by atoms with Crippen LogP contribution >= 0.6 is 0 Å². The zero-order chi connectivity index (χ0) is 49.7. The van der Waals surface area contributed by atoms with E-state index in [0.717, 1.165) is 50.1 Å². The standard InChI is InChI=1S/C56H56N3O.Pt/c1-35-27-44(34-46(36(35)2)38-21-16-13-17-22-38)59-50-24-18-23-45(51(50)58-53(59)47-32-43(55(6,7)8)33-48(52(47)60)56(9,10)11)40-28-41(30-42(29-40)54(3,4)5)49-31-39(25-26-57-49)37-19-14-12-15-20-37;/h12-27,29-34,60H,1-11H3;/q-1;/i12D,14D,15D,19D,20D,25D,26D,31D;. The van der Waals surface area contributed by atoms with Gasteiger partial charge in [-0.1, -0.05) is 158 Å². The molecule has 2 heterocycles. The van der Waals surface area contributed by atoms with Crippen molar-refractivity contribution >= 4 is 11.0 Å². The molecule has 4 nitrogen and oxygen atoms in total. The molecule has 0 unspecified atom stereocenters. The van der Waals surface area contributed by atoms with Gasteiger partial charge >= 0.3 is 0 Å². The first-order valence-corrected chi connectivity index (χ1v) is 20.4. The normalized spacial score (nSPS) is 14.0. The van der Waals surface area contributed by atoms with Gasteiger partial charge in [-0.25, -0.2) is 4.98 Å². The smallest absolute Gasteiger partial charge is 0.148 e. The zero-order valence-corrected chi connectivity index (χ0v) is 39.0. The van der Waals surface area contributed by atoms with E-state index in [-0.39, 0.29) is 55.1 Å². The number of benzene rings is 6. The number of hydrogen-bond donors (Lipinski definition) is 1. The van der Waals surface area contributed by atoms with Gasteiger partial charge in [-0.2, -0.15) is 0 Å². The Hall–Kier alpha value is -5.57. The number of aromatic nitrogens is 3. The second-order valence-electron chi connectivity index (χ2n) is 18.8. The SMILES string of the molecule is [2H]c1nc(-c2[c-]c(-c3cccc4c3nc(-c3cc(C(C)(C)C)cc(C(C)(C)C)c3O)n4-c3cc(C)c(C)c(-c4ccccc4)c3)cc(C(C)(C)C)c2)c([2H])c(-c2c([2H])c([2H])c([2H])c([2H])c2[2H])c1[2H].[Pt]. The van der Waals surface area contributed by atoms with Crippen LogP contribution in [0.25, 0.3) is 72.7 Å². The van der Waals surface area contributed by atoms with Crippen LogP contribution in [0.1, 0.15) is 101 Å². The molecule has 0 radical (unpaired) electrons. The van der Waals surface area contributed by atoms with Gasteiger partial charge in [0.25, 0.3) is 0 Å².